The van der Waals surface area contributed by atoms with E-state index in [1.165, 1.54) is 17.9 Å². The van der Waals surface area contributed by atoms with Crippen molar-refractivity contribution < 1.29 is 28.2 Å². The van der Waals surface area contributed by atoms with E-state index in [9.17, 15) is 14.0 Å². The Kier molecular flexibility index (Phi) is 4.84. The average Bonchev–Trinajstić information content (AvgIpc) is 2.94. The van der Waals surface area contributed by atoms with Gasteiger partial charge >= 0.3 is 12.1 Å². The van der Waals surface area contributed by atoms with Crippen LogP contribution in [0.3, 0.4) is 0 Å². The van der Waals surface area contributed by atoms with Crippen LogP contribution in [0.2, 0.25) is 0 Å². The third kappa shape index (κ3) is 3.59. The number of rotatable bonds is 4. The van der Waals surface area contributed by atoms with E-state index >= 15 is 0 Å². The number of cyclic esters (lactones) is 1. The summed E-state index contributed by atoms with van der Waals surface area (Å²) in [5.41, 5.74) is 0.908. The molecular weight excluding hydrogens is 319 g/mol. The number of ether oxygens (including phenoxy) is 3. The van der Waals surface area contributed by atoms with E-state index in [2.05, 4.69) is 0 Å². The molecule has 0 bridgehead atoms. The molecular formula is C16H19FN2O5. The summed E-state index contributed by atoms with van der Waals surface area (Å²) in [6.07, 6.45) is -1.13. The van der Waals surface area contributed by atoms with Crippen LogP contribution in [0.15, 0.2) is 18.2 Å². The standard InChI is InChI=1S/C16H19FN2O5/c1-11(20)23-10-13-9-19(16(21)24-13)12-2-3-15(14(17)8-12)18-4-6-22-7-5-18/h2-3,8,13H,4-7,9-10H2,1H3. The molecule has 1 amide bonds. The molecule has 1 aromatic carbocycles. The van der Waals surface area contributed by atoms with Crippen molar-refractivity contribution in [3.05, 3.63) is 24.0 Å². The van der Waals surface area contributed by atoms with E-state index in [0.717, 1.165) is 0 Å². The molecule has 2 heterocycles. The molecule has 0 radical (unpaired) electrons. The van der Waals surface area contributed by atoms with Gasteiger partial charge in [0, 0.05) is 20.0 Å². The van der Waals surface area contributed by atoms with Crippen LogP contribution in [-0.2, 0) is 19.0 Å². The fourth-order valence-corrected chi connectivity index (χ4v) is 2.75. The predicted molar refractivity (Wildman–Crippen MR) is 83.7 cm³/mol. The summed E-state index contributed by atoms with van der Waals surface area (Å²) in [5.74, 6) is -0.837. The minimum atomic E-state index is -0.578. The van der Waals surface area contributed by atoms with Crippen LogP contribution in [0.5, 0.6) is 0 Å². The van der Waals surface area contributed by atoms with Gasteiger partial charge in [0.25, 0.3) is 0 Å². The maximum absolute atomic E-state index is 14.4. The molecule has 0 N–H and O–H groups in total. The van der Waals surface area contributed by atoms with Gasteiger partial charge in [-0.3, -0.25) is 9.69 Å². The molecule has 2 saturated heterocycles. The van der Waals surface area contributed by atoms with E-state index in [-0.39, 0.29) is 13.2 Å². The molecule has 2 aliphatic rings. The van der Waals surface area contributed by atoms with E-state index in [4.69, 9.17) is 14.2 Å². The van der Waals surface area contributed by atoms with Crippen molar-refractivity contribution in [2.45, 2.75) is 13.0 Å². The first-order chi connectivity index (χ1) is 11.5. The van der Waals surface area contributed by atoms with E-state index < -0.39 is 24.0 Å². The van der Waals surface area contributed by atoms with Gasteiger partial charge in [0.2, 0.25) is 0 Å². The second kappa shape index (κ2) is 7.04. The lowest BCUT2D eigenvalue weighted by atomic mass is 10.2. The van der Waals surface area contributed by atoms with Gasteiger partial charge in [0.05, 0.1) is 31.1 Å². The van der Waals surface area contributed by atoms with Crippen molar-refractivity contribution in [2.75, 3.05) is 49.3 Å². The lowest BCUT2D eigenvalue weighted by molar-refractivity contribution is -0.143. The second-order valence-electron chi connectivity index (χ2n) is 5.65. The van der Waals surface area contributed by atoms with E-state index in [0.29, 0.717) is 37.7 Å². The van der Waals surface area contributed by atoms with Crippen molar-refractivity contribution in [3.8, 4) is 0 Å². The number of anilines is 2. The summed E-state index contributed by atoms with van der Waals surface area (Å²) in [7, 11) is 0. The highest BCUT2D eigenvalue weighted by Crippen LogP contribution is 2.28. The molecule has 130 valence electrons. The fraction of sp³-hybridized carbons (Fsp3) is 0.500. The molecule has 1 unspecified atom stereocenters. The number of nitrogens with zero attached hydrogens (tertiary/aromatic N) is 2. The molecule has 7 nitrogen and oxygen atoms in total. The summed E-state index contributed by atoms with van der Waals surface area (Å²) in [5, 5.41) is 0. The molecule has 0 spiro atoms. The van der Waals surface area contributed by atoms with Gasteiger partial charge in [-0.15, -0.1) is 0 Å². The van der Waals surface area contributed by atoms with Crippen LogP contribution in [0.1, 0.15) is 6.92 Å². The third-order valence-corrected chi connectivity index (χ3v) is 3.94. The van der Waals surface area contributed by atoms with Gasteiger partial charge in [-0.25, -0.2) is 9.18 Å². The van der Waals surface area contributed by atoms with Gasteiger partial charge in [0.15, 0.2) is 6.10 Å². The molecule has 2 aliphatic heterocycles. The number of hydrogen-bond acceptors (Lipinski definition) is 6. The van der Waals surface area contributed by atoms with Crippen LogP contribution in [0, 0.1) is 5.82 Å². The predicted octanol–water partition coefficient (Wildman–Crippen LogP) is 1.55. The summed E-state index contributed by atoms with van der Waals surface area (Å²) < 4.78 is 29.7. The minimum absolute atomic E-state index is 0.00802. The van der Waals surface area contributed by atoms with Gasteiger partial charge in [-0.05, 0) is 18.2 Å². The number of carbonyl (C=O) groups is 2. The first-order valence-corrected chi connectivity index (χ1v) is 7.78. The van der Waals surface area contributed by atoms with Crippen molar-refractivity contribution >= 4 is 23.4 Å². The summed E-state index contributed by atoms with van der Waals surface area (Å²) >= 11 is 0. The highest BCUT2D eigenvalue weighted by Gasteiger charge is 2.33. The number of esters is 1. The van der Waals surface area contributed by atoms with Crippen LogP contribution in [0.25, 0.3) is 0 Å². The maximum atomic E-state index is 14.4. The quantitative estimate of drug-likeness (QED) is 0.776. The van der Waals surface area contributed by atoms with Gasteiger partial charge < -0.3 is 19.1 Å². The Labute approximate surface area is 138 Å². The first-order valence-electron chi connectivity index (χ1n) is 7.78. The van der Waals surface area contributed by atoms with Gasteiger partial charge in [-0.1, -0.05) is 0 Å². The van der Waals surface area contributed by atoms with Crippen LogP contribution < -0.4 is 9.80 Å². The van der Waals surface area contributed by atoms with E-state index in [1.54, 1.807) is 12.1 Å². The molecule has 8 heteroatoms. The van der Waals surface area contributed by atoms with E-state index in [1.807, 2.05) is 4.90 Å². The molecule has 0 saturated carbocycles. The van der Waals surface area contributed by atoms with Crippen molar-refractivity contribution in [2.24, 2.45) is 0 Å². The summed E-state index contributed by atoms with van der Waals surface area (Å²) in [6, 6.07) is 4.66. The molecule has 2 fully saturated rings. The van der Waals surface area contributed by atoms with Crippen molar-refractivity contribution in [1.82, 2.24) is 0 Å². The lowest BCUT2D eigenvalue weighted by Gasteiger charge is -2.29. The Morgan fingerprint density at radius 3 is 2.79 bits per heavy atom. The molecule has 1 atom stereocenters. The van der Waals surface area contributed by atoms with Gasteiger partial charge in [-0.2, -0.15) is 0 Å². The molecule has 0 aromatic heterocycles. The second-order valence-corrected chi connectivity index (χ2v) is 5.65. The highest BCUT2D eigenvalue weighted by atomic mass is 19.1. The van der Waals surface area contributed by atoms with Crippen molar-refractivity contribution in [1.29, 1.82) is 0 Å². The zero-order valence-corrected chi connectivity index (χ0v) is 13.4. The fourth-order valence-electron chi connectivity index (χ4n) is 2.75. The minimum Gasteiger partial charge on any atom is -0.462 e. The number of hydrogen-bond donors (Lipinski definition) is 0. The zero-order valence-electron chi connectivity index (χ0n) is 13.4. The third-order valence-electron chi connectivity index (χ3n) is 3.94. The first kappa shape index (κ1) is 16.5. The smallest absolute Gasteiger partial charge is 0.414 e. The van der Waals surface area contributed by atoms with Crippen LogP contribution >= 0.6 is 0 Å². The molecule has 1 aromatic rings. The lowest BCUT2D eigenvalue weighted by Crippen LogP contribution is -2.36. The Morgan fingerprint density at radius 2 is 2.12 bits per heavy atom. The van der Waals surface area contributed by atoms with Crippen LogP contribution in [-0.4, -0.2) is 57.6 Å². The normalized spacial score (nSPS) is 20.9. The van der Waals surface area contributed by atoms with Gasteiger partial charge in [0.1, 0.15) is 12.4 Å². The SMILES string of the molecule is CC(=O)OCC1CN(c2ccc(N3CCOCC3)c(F)c2)C(=O)O1. The number of carbonyl (C=O) groups excluding carboxylic acids is 2. The number of halogens is 1. The summed E-state index contributed by atoms with van der Waals surface area (Å²) in [6.45, 7) is 3.89. The molecule has 0 aliphatic carbocycles. The Balaban J connectivity index is 1.69. The number of amides is 1. The van der Waals surface area contributed by atoms with Crippen molar-refractivity contribution in [3.63, 3.8) is 0 Å². The molecule has 3 rings (SSSR count). The number of benzene rings is 1. The Bertz CT molecular complexity index is 633. The Hall–Kier alpha value is -2.35. The summed E-state index contributed by atoms with van der Waals surface area (Å²) in [4.78, 5) is 26.0. The molecule has 24 heavy (non-hydrogen) atoms. The largest absolute Gasteiger partial charge is 0.462 e. The number of morpholine rings is 1. The monoisotopic (exact) mass is 338 g/mol. The van der Waals surface area contributed by atoms with Crippen LogP contribution in [0.4, 0.5) is 20.6 Å². The average molecular weight is 338 g/mol. The highest BCUT2D eigenvalue weighted by molar-refractivity contribution is 5.90. The topological polar surface area (TPSA) is 68.3 Å². The maximum Gasteiger partial charge on any atom is 0.414 e. The zero-order chi connectivity index (χ0) is 17.1. The Morgan fingerprint density at radius 1 is 1.38 bits per heavy atom.